The van der Waals surface area contributed by atoms with E-state index in [2.05, 4.69) is 29.4 Å². The first-order valence-electron chi connectivity index (χ1n) is 12.3. The predicted molar refractivity (Wildman–Crippen MR) is 134 cm³/mol. The molecule has 0 aliphatic carbocycles. The number of pyridine rings is 1. The Labute approximate surface area is 205 Å². The van der Waals surface area contributed by atoms with Gasteiger partial charge in [0.2, 0.25) is 11.8 Å². The molecule has 7 nitrogen and oxygen atoms in total. The number of rotatable bonds is 7. The molecule has 0 fully saturated rings. The summed E-state index contributed by atoms with van der Waals surface area (Å²) in [6.45, 7) is 3.81. The van der Waals surface area contributed by atoms with Crippen LogP contribution in [0.2, 0.25) is 0 Å². The lowest BCUT2D eigenvalue weighted by Gasteiger charge is -2.24. The molecule has 1 atom stereocenters. The Morgan fingerprint density at radius 2 is 2.06 bits per heavy atom. The number of nitrogens with zero attached hydrogens (tertiary/aromatic N) is 2. The van der Waals surface area contributed by atoms with E-state index in [1.54, 1.807) is 13.3 Å². The van der Waals surface area contributed by atoms with Crippen molar-refractivity contribution in [1.29, 1.82) is 0 Å². The first-order chi connectivity index (χ1) is 17.2. The Bertz CT molecular complexity index is 1290. The molecule has 0 bridgehead atoms. The van der Waals surface area contributed by atoms with Crippen LogP contribution in [0.25, 0.3) is 0 Å². The normalized spacial score (nSPS) is 19.3. The molecule has 1 aromatic heterocycles. The van der Waals surface area contributed by atoms with Crippen LogP contribution in [0.15, 0.2) is 48.7 Å². The van der Waals surface area contributed by atoms with Crippen LogP contribution in [-0.4, -0.2) is 37.8 Å². The van der Waals surface area contributed by atoms with Gasteiger partial charge in [0, 0.05) is 41.9 Å². The number of aromatic nitrogens is 1. The van der Waals surface area contributed by atoms with Crippen molar-refractivity contribution in [3.8, 4) is 17.4 Å². The molecule has 180 valence electrons. The minimum atomic E-state index is -0.891. The molecular formula is C28H29N3O4. The lowest BCUT2D eigenvalue weighted by molar-refractivity contribution is -0.122. The van der Waals surface area contributed by atoms with Crippen molar-refractivity contribution in [3.05, 3.63) is 65.4 Å². The zero-order valence-electron chi connectivity index (χ0n) is 20.1. The first kappa shape index (κ1) is 21.8. The predicted octanol–water partition coefficient (Wildman–Crippen LogP) is 4.98. The fourth-order valence-corrected chi connectivity index (χ4v) is 5.54. The van der Waals surface area contributed by atoms with Gasteiger partial charge in [-0.2, -0.15) is 0 Å². The summed E-state index contributed by atoms with van der Waals surface area (Å²) in [5, 5.41) is 3.52. The molecule has 0 saturated heterocycles. The molecule has 3 aromatic rings. The van der Waals surface area contributed by atoms with Crippen LogP contribution < -0.4 is 24.4 Å². The lowest BCUT2D eigenvalue weighted by atomic mass is 9.75. The largest absolute Gasteiger partial charge is 0.493 e. The molecule has 0 saturated carbocycles. The highest BCUT2D eigenvalue weighted by Crippen LogP contribution is 2.56. The van der Waals surface area contributed by atoms with E-state index in [1.807, 2.05) is 35.2 Å². The molecule has 35 heavy (non-hydrogen) atoms. The third-order valence-corrected chi connectivity index (χ3v) is 7.28. The van der Waals surface area contributed by atoms with E-state index >= 15 is 0 Å². The molecule has 4 heterocycles. The zero-order valence-corrected chi connectivity index (χ0v) is 20.1. The van der Waals surface area contributed by atoms with Crippen molar-refractivity contribution in [1.82, 2.24) is 4.98 Å². The molecule has 1 amide bonds. The van der Waals surface area contributed by atoms with Crippen molar-refractivity contribution in [3.63, 3.8) is 0 Å². The quantitative estimate of drug-likeness (QED) is 0.490. The highest BCUT2D eigenvalue weighted by molar-refractivity contribution is 6.13. The first-order valence-corrected chi connectivity index (χ1v) is 12.3. The fourth-order valence-electron chi connectivity index (χ4n) is 5.54. The van der Waals surface area contributed by atoms with Crippen molar-refractivity contribution in [2.45, 2.75) is 38.0 Å². The van der Waals surface area contributed by atoms with Crippen molar-refractivity contribution < 1.29 is 19.0 Å². The second-order valence-corrected chi connectivity index (χ2v) is 9.33. The topological polar surface area (TPSA) is 72.9 Å². The van der Waals surface area contributed by atoms with E-state index in [4.69, 9.17) is 14.2 Å². The molecule has 3 aliphatic rings. The molecule has 1 N–H and O–H groups in total. The van der Waals surface area contributed by atoms with Crippen LogP contribution in [0.1, 0.15) is 42.9 Å². The van der Waals surface area contributed by atoms with E-state index in [0.29, 0.717) is 19.0 Å². The number of ether oxygens (including phenoxy) is 3. The van der Waals surface area contributed by atoms with Gasteiger partial charge in [0.25, 0.3) is 0 Å². The Kier molecular flexibility index (Phi) is 5.28. The molecule has 1 unspecified atom stereocenters. The maximum absolute atomic E-state index is 14.3. The highest BCUT2D eigenvalue weighted by Gasteiger charge is 2.58. The Morgan fingerprint density at radius 1 is 1.14 bits per heavy atom. The van der Waals surface area contributed by atoms with Gasteiger partial charge in [0.05, 0.1) is 31.3 Å². The van der Waals surface area contributed by atoms with Crippen molar-refractivity contribution in [2.24, 2.45) is 0 Å². The van der Waals surface area contributed by atoms with Gasteiger partial charge < -0.3 is 24.4 Å². The Morgan fingerprint density at radius 3 is 2.86 bits per heavy atom. The molecule has 2 aromatic carbocycles. The number of benzene rings is 2. The molecule has 0 radical (unpaired) electrons. The van der Waals surface area contributed by atoms with Crippen LogP contribution in [0.3, 0.4) is 0 Å². The fraction of sp³-hybridized carbons (Fsp3) is 0.357. The molecule has 7 heteroatoms. The summed E-state index contributed by atoms with van der Waals surface area (Å²) in [6.07, 6.45) is 5.73. The minimum Gasteiger partial charge on any atom is -0.493 e. The summed E-state index contributed by atoms with van der Waals surface area (Å²) in [4.78, 5) is 20.6. The SMILES string of the molecule is CCCCCN1C(=O)C2(COc3cc4c(cc32)CCO4)c2c(Nc3ccc(OC)nc3)cccc21. The van der Waals surface area contributed by atoms with E-state index in [0.717, 1.165) is 70.9 Å². The van der Waals surface area contributed by atoms with E-state index in [9.17, 15) is 4.79 Å². The Hall–Kier alpha value is -3.74. The number of hydrogen-bond donors (Lipinski definition) is 1. The van der Waals surface area contributed by atoms with E-state index in [1.165, 1.54) is 0 Å². The van der Waals surface area contributed by atoms with Gasteiger partial charge in [-0.3, -0.25) is 4.79 Å². The van der Waals surface area contributed by atoms with Crippen LogP contribution in [0.5, 0.6) is 17.4 Å². The number of methoxy groups -OCH3 is 1. The van der Waals surface area contributed by atoms with Crippen LogP contribution in [-0.2, 0) is 16.6 Å². The van der Waals surface area contributed by atoms with E-state index < -0.39 is 5.41 Å². The van der Waals surface area contributed by atoms with Crippen molar-refractivity contribution in [2.75, 3.05) is 37.1 Å². The number of unbranched alkanes of at least 4 members (excludes halogenated alkanes) is 2. The monoisotopic (exact) mass is 471 g/mol. The molecule has 3 aliphatic heterocycles. The average molecular weight is 472 g/mol. The number of nitrogens with one attached hydrogen (secondary N) is 1. The zero-order chi connectivity index (χ0) is 24.0. The summed E-state index contributed by atoms with van der Waals surface area (Å²) < 4.78 is 17.2. The summed E-state index contributed by atoms with van der Waals surface area (Å²) in [5.41, 5.74) is 4.81. The third-order valence-electron chi connectivity index (χ3n) is 7.28. The van der Waals surface area contributed by atoms with Gasteiger partial charge >= 0.3 is 0 Å². The van der Waals surface area contributed by atoms with E-state index in [-0.39, 0.29) is 12.5 Å². The summed E-state index contributed by atoms with van der Waals surface area (Å²) >= 11 is 0. The summed E-state index contributed by atoms with van der Waals surface area (Å²) in [5.74, 6) is 2.24. The van der Waals surface area contributed by atoms with Gasteiger partial charge in [-0.25, -0.2) is 4.98 Å². The van der Waals surface area contributed by atoms with Gasteiger partial charge in [-0.15, -0.1) is 0 Å². The molecule has 1 spiro atoms. The van der Waals surface area contributed by atoms with Gasteiger partial charge in [0.1, 0.15) is 23.5 Å². The van der Waals surface area contributed by atoms with Crippen LogP contribution in [0, 0.1) is 0 Å². The smallest absolute Gasteiger partial charge is 0.245 e. The lowest BCUT2D eigenvalue weighted by Crippen LogP contribution is -2.43. The van der Waals surface area contributed by atoms with Crippen LogP contribution >= 0.6 is 0 Å². The van der Waals surface area contributed by atoms with Crippen molar-refractivity contribution >= 4 is 23.0 Å². The standard InChI is InChI=1S/C28H29N3O4/c1-3-4-5-12-31-22-8-6-7-21(30-19-9-10-25(33-2)29-16-19)26(22)28(27(31)32)17-35-24-15-23-18(11-13-34-23)14-20(24)28/h6-10,14-16,30H,3-5,11-13,17H2,1-2H3. The highest BCUT2D eigenvalue weighted by atomic mass is 16.5. The number of anilines is 3. The summed E-state index contributed by atoms with van der Waals surface area (Å²) in [7, 11) is 1.60. The number of carbonyl (C=O) groups excluding carboxylic acids is 1. The number of amides is 1. The minimum absolute atomic E-state index is 0.0864. The molecule has 6 rings (SSSR count). The van der Waals surface area contributed by atoms with Gasteiger partial charge in [-0.1, -0.05) is 25.8 Å². The van der Waals surface area contributed by atoms with Crippen LogP contribution in [0.4, 0.5) is 17.1 Å². The second kappa shape index (κ2) is 8.48. The Balaban J connectivity index is 1.49. The maximum Gasteiger partial charge on any atom is 0.245 e. The number of carbonyl (C=O) groups is 1. The maximum atomic E-state index is 14.3. The van der Waals surface area contributed by atoms with Gasteiger partial charge in [0.15, 0.2) is 0 Å². The van der Waals surface area contributed by atoms with Gasteiger partial charge in [-0.05, 0) is 36.2 Å². The number of fused-ring (bicyclic) bond motifs is 5. The number of hydrogen-bond acceptors (Lipinski definition) is 6. The molecular weight excluding hydrogens is 442 g/mol. The summed E-state index contributed by atoms with van der Waals surface area (Å²) in [6, 6.07) is 13.9. The second-order valence-electron chi connectivity index (χ2n) is 9.33. The third kappa shape index (κ3) is 3.32. The average Bonchev–Trinajstić information content (AvgIpc) is 3.56.